The van der Waals surface area contributed by atoms with Crippen LogP contribution in [0.2, 0.25) is 0 Å². The maximum atomic E-state index is 13.3. The standard InChI is InChI=1S/C26H25FN4O4/c1-33-21-11-7-19(8-12-21)25-29-26(28-16-17-4-9-20(27)10-5-17)31(30-25)24(32)15-18-6-13-22(34-2)23(14-18)35-3/h4-14H,15-16H2,1-3H3,(H,28,29,30). The first-order valence-electron chi connectivity index (χ1n) is 10.8. The van der Waals surface area contributed by atoms with E-state index in [-0.39, 0.29) is 24.1 Å². The van der Waals surface area contributed by atoms with Gasteiger partial charge >= 0.3 is 0 Å². The van der Waals surface area contributed by atoms with Gasteiger partial charge in [-0.05, 0) is 59.7 Å². The molecule has 3 aromatic carbocycles. The topological polar surface area (TPSA) is 87.5 Å². The van der Waals surface area contributed by atoms with Crippen molar-refractivity contribution in [3.63, 3.8) is 0 Å². The van der Waals surface area contributed by atoms with Crippen LogP contribution in [0.5, 0.6) is 17.2 Å². The molecule has 0 amide bonds. The zero-order valence-corrected chi connectivity index (χ0v) is 19.6. The first-order valence-corrected chi connectivity index (χ1v) is 10.8. The van der Waals surface area contributed by atoms with E-state index in [2.05, 4.69) is 15.4 Å². The quantitative estimate of drug-likeness (QED) is 0.378. The highest BCUT2D eigenvalue weighted by atomic mass is 19.1. The van der Waals surface area contributed by atoms with Crippen molar-refractivity contribution in [2.75, 3.05) is 26.6 Å². The Morgan fingerprint density at radius 1 is 0.886 bits per heavy atom. The minimum Gasteiger partial charge on any atom is -0.497 e. The highest BCUT2D eigenvalue weighted by Crippen LogP contribution is 2.28. The maximum Gasteiger partial charge on any atom is 0.254 e. The van der Waals surface area contributed by atoms with Gasteiger partial charge in [-0.3, -0.25) is 4.79 Å². The molecule has 0 atom stereocenters. The van der Waals surface area contributed by atoms with Gasteiger partial charge < -0.3 is 19.5 Å². The van der Waals surface area contributed by atoms with Crippen LogP contribution in [0.1, 0.15) is 15.9 Å². The summed E-state index contributed by atoms with van der Waals surface area (Å²) >= 11 is 0. The van der Waals surface area contributed by atoms with Gasteiger partial charge in [0.15, 0.2) is 17.3 Å². The molecular formula is C26H25FN4O4. The summed E-state index contributed by atoms with van der Waals surface area (Å²) < 4.78 is 30.3. The second-order valence-corrected chi connectivity index (χ2v) is 7.64. The van der Waals surface area contributed by atoms with Crippen LogP contribution in [0.4, 0.5) is 10.3 Å². The third-order valence-corrected chi connectivity index (χ3v) is 5.36. The Hall–Kier alpha value is -4.40. The van der Waals surface area contributed by atoms with E-state index in [0.717, 1.165) is 16.7 Å². The van der Waals surface area contributed by atoms with Crippen LogP contribution < -0.4 is 19.5 Å². The van der Waals surface area contributed by atoms with E-state index in [1.807, 2.05) is 12.1 Å². The van der Waals surface area contributed by atoms with Gasteiger partial charge in [0.1, 0.15) is 11.6 Å². The molecule has 0 aliphatic carbocycles. The molecule has 0 saturated heterocycles. The third kappa shape index (κ3) is 5.57. The molecule has 35 heavy (non-hydrogen) atoms. The Bertz CT molecular complexity index is 1300. The van der Waals surface area contributed by atoms with Crippen molar-refractivity contribution in [2.24, 2.45) is 0 Å². The molecule has 0 saturated carbocycles. The van der Waals surface area contributed by atoms with Crippen molar-refractivity contribution in [3.05, 3.63) is 83.7 Å². The second kappa shape index (κ2) is 10.7. The third-order valence-electron chi connectivity index (χ3n) is 5.36. The fourth-order valence-corrected chi connectivity index (χ4v) is 3.49. The normalized spacial score (nSPS) is 10.6. The number of rotatable bonds is 9. The number of hydrogen-bond acceptors (Lipinski definition) is 7. The molecule has 8 nitrogen and oxygen atoms in total. The Morgan fingerprint density at radius 2 is 1.57 bits per heavy atom. The van der Waals surface area contributed by atoms with Gasteiger partial charge in [0, 0.05) is 12.1 Å². The Labute approximate surface area is 202 Å². The first-order chi connectivity index (χ1) is 17.0. The van der Waals surface area contributed by atoms with Crippen LogP contribution in [0, 0.1) is 5.82 Å². The lowest BCUT2D eigenvalue weighted by atomic mass is 10.1. The average molecular weight is 477 g/mol. The molecule has 0 aliphatic rings. The first kappa shape index (κ1) is 23.7. The molecule has 0 fully saturated rings. The predicted octanol–water partition coefficient (Wildman–Crippen LogP) is 4.61. The second-order valence-electron chi connectivity index (χ2n) is 7.64. The number of aromatic nitrogens is 3. The summed E-state index contributed by atoms with van der Waals surface area (Å²) in [5.74, 6) is 1.88. The van der Waals surface area contributed by atoms with E-state index in [4.69, 9.17) is 14.2 Å². The van der Waals surface area contributed by atoms with Crippen LogP contribution in [0.3, 0.4) is 0 Å². The molecule has 0 unspecified atom stereocenters. The van der Waals surface area contributed by atoms with Gasteiger partial charge in [-0.15, -0.1) is 5.10 Å². The number of nitrogens with one attached hydrogen (secondary N) is 1. The van der Waals surface area contributed by atoms with Crippen molar-refractivity contribution >= 4 is 11.9 Å². The molecule has 1 heterocycles. The number of hydrogen-bond donors (Lipinski definition) is 1. The minimum atomic E-state index is -0.316. The molecule has 1 aromatic heterocycles. The van der Waals surface area contributed by atoms with Crippen molar-refractivity contribution in [3.8, 4) is 28.6 Å². The molecule has 4 rings (SSSR count). The molecular weight excluding hydrogens is 451 g/mol. The predicted molar refractivity (Wildman–Crippen MR) is 130 cm³/mol. The van der Waals surface area contributed by atoms with Gasteiger partial charge in [0.05, 0.1) is 27.8 Å². The molecule has 0 radical (unpaired) electrons. The minimum absolute atomic E-state index is 0.0665. The summed E-state index contributed by atoms with van der Waals surface area (Å²) in [5.41, 5.74) is 2.30. The number of methoxy groups -OCH3 is 3. The molecule has 0 spiro atoms. The number of carbonyl (C=O) groups is 1. The molecule has 0 bridgehead atoms. The number of carbonyl (C=O) groups excluding carboxylic acids is 1. The average Bonchev–Trinajstić information content (AvgIpc) is 3.33. The maximum absolute atomic E-state index is 13.3. The van der Waals surface area contributed by atoms with Crippen molar-refractivity contribution in [1.29, 1.82) is 0 Å². The molecule has 180 valence electrons. The summed E-state index contributed by atoms with van der Waals surface area (Å²) in [4.78, 5) is 17.8. The van der Waals surface area contributed by atoms with Crippen molar-refractivity contribution < 1.29 is 23.4 Å². The fraction of sp³-hybridized carbons (Fsp3) is 0.192. The summed E-state index contributed by atoms with van der Waals surface area (Å²) in [6, 6.07) is 18.6. The van der Waals surface area contributed by atoms with Gasteiger partial charge in [0.25, 0.3) is 5.91 Å². The van der Waals surface area contributed by atoms with E-state index in [1.165, 1.54) is 16.8 Å². The lowest BCUT2D eigenvalue weighted by Crippen LogP contribution is -2.18. The van der Waals surface area contributed by atoms with Crippen LogP contribution >= 0.6 is 0 Å². The number of anilines is 1. The lowest BCUT2D eigenvalue weighted by molar-refractivity contribution is 0.0901. The Morgan fingerprint density at radius 3 is 2.23 bits per heavy atom. The van der Waals surface area contributed by atoms with Crippen LogP contribution in [-0.2, 0) is 13.0 Å². The highest BCUT2D eigenvalue weighted by Gasteiger charge is 2.19. The number of benzene rings is 3. The summed E-state index contributed by atoms with van der Waals surface area (Å²) in [6.07, 6.45) is 0.0665. The monoisotopic (exact) mass is 476 g/mol. The van der Waals surface area contributed by atoms with Gasteiger partial charge in [0.2, 0.25) is 5.95 Å². The lowest BCUT2D eigenvalue weighted by Gasteiger charge is -2.10. The molecule has 1 N–H and O–H groups in total. The van der Waals surface area contributed by atoms with Gasteiger partial charge in [-0.2, -0.15) is 9.67 Å². The van der Waals surface area contributed by atoms with Crippen LogP contribution in [0.25, 0.3) is 11.4 Å². The zero-order chi connectivity index (χ0) is 24.8. The number of nitrogens with zero attached hydrogens (tertiary/aromatic N) is 3. The molecule has 0 aliphatic heterocycles. The Balaban J connectivity index is 1.62. The summed E-state index contributed by atoms with van der Waals surface area (Å²) in [7, 11) is 4.68. The van der Waals surface area contributed by atoms with Crippen LogP contribution in [0.15, 0.2) is 66.7 Å². The van der Waals surface area contributed by atoms with E-state index in [0.29, 0.717) is 29.6 Å². The largest absolute Gasteiger partial charge is 0.497 e. The fourth-order valence-electron chi connectivity index (χ4n) is 3.49. The van der Waals surface area contributed by atoms with E-state index in [9.17, 15) is 9.18 Å². The van der Waals surface area contributed by atoms with E-state index in [1.54, 1.807) is 63.8 Å². The summed E-state index contributed by atoms with van der Waals surface area (Å²) in [6.45, 7) is 0.338. The van der Waals surface area contributed by atoms with Crippen molar-refractivity contribution in [1.82, 2.24) is 14.8 Å². The molecule has 9 heteroatoms. The van der Waals surface area contributed by atoms with Crippen LogP contribution in [-0.4, -0.2) is 42.0 Å². The highest BCUT2D eigenvalue weighted by molar-refractivity contribution is 5.83. The van der Waals surface area contributed by atoms with E-state index >= 15 is 0 Å². The molecule has 4 aromatic rings. The smallest absolute Gasteiger partial charge is 0.254 e. The zero-order valence-electron chi connectivity index (χ0n) is 19.6. The van der Waals surface area contributed by atoms with Gasteiger partial charge in [-0.25, -0.2) is 4.39 Å². The van der Waals surface area contributed by atoms with Crippen molar-refractivity contribution in [2.45, 2.75) is 13.0 Å². The summed E-state index contributed by atoms with van der Waals surface area (Å²) in [5, 5.41) is 7.62. The number of ether oxygens (including phenoxy) is 3. The number of halogens is 1. The van der Waals surface area contributed by atoms with E-state index < -0.39 is 0 Å². The Kier molecular flexibility index (Phi) is 7.25. The SMILES string of the molecule is COc1ccc(-c2nc(NCc3ccc(F)cc3)n(C(=O)Cc3ccc(OC)c(OC)c3)n2)cc1. The van der Waals surface area contributed by atoms with Gasteiger partial charge in [-0.1, -0.05) is 18.2 Å².